The molecule has 0 aliphatic carbocycles. The number of hydrogen-bond donors (Lipinski definition) is 1. The average molecular weight is 415 g/mol. The van der Waals surface area contributed by atoms with Crippen LogP contribution in [0.1, 0.15) is 29.8 Å². The highest BCUT2D eigenvalue weighted by molar-refractivity contribution is 6.32. The number of esters is 1. The van der Waals surface area contributed by atoms with Crippen molar-refractivity contribution in [3.63, 3.8) is 0 Å². The minimum Gasteiger partial charge on any atom is -0.452 e. The molecule has 0 saturated heterocycles. The van der Waals surface area contributed by atoms with Gasteiger partial charge >= 0.3 is 5.97 Å². The first-order valence-corrected chi connectivity index (χ1v) is 9.61. The van der Waals surface area contributed by atoms with Gasteiger partial charge in [-0.05, 0) is 55.8 Å². The Kier molecular flexibility index (Phi) is 8.43. The van der Waals surface area contributed by atoms with Crippen LogP contribution in [-0.4, -0.2) is 42.4 Å². The van der Waals surface area contributed by atoms with Crippen LogP contribution in [0.15, 0.2) is 54.6 Å². The third-order valence-electron chi connectivity index (χ3n) is 4.12. The van der Waals surface area contributed by atoms with E-state index in [2.05, 4.69) is 5.32 Å². The molecular weight excluding hydrogens is 392 g/mol. The normalized spacial score (nSPS) is 10.6. The number of nitrogens with zero attached hydrogens (tertiary/aromatic N) is 1. The summed E-state index contributed by atoms with van der Waals surface area (Å²) in [6.07, 6.45) is 2.73. The summed E-state index contributed by atoms with van der Waals surface area (Å²) in [6, 6.07) is 13.6. The lowest BCUT2D eigenvalue weighted by molar-refractivity contribution is -0.142. The molecule has 0 saturated carbocycles. The number of benzene rings is 2. The third kappa shape index (κ3) is 6.76. The Morgan fingerprint density at radius 3 is 2.31 bits per heavy atom. The van der Waals surface area contributed by atoms with Crippen molar-refractivity contribution < 1.29 is 19.1 Å². The van der Waals surface area contributed by atoms with Crippen LogP contribution in [0.3, 0.4) is 0 Å². The first-order valence-electron chi connectivity index (χ1n) is 9.23. The molecule has 0 spiro atoms. The molecule has 0 aromatic heterocycles. The van der Waals surface area contributed by atoms with E-state index in [4.69, 9.17) is 16.3 Å². The van der Waals surface area contributed by atoms with Crippen LogP contribution < -0.4 is 5.32 Å². The first kappa shape index (κ1) is 22.2. The zero-order chi connectivity index (χ0) is 21.2. The Morgan fingerprint density at radius 2 is 1.69 bits per heavy atom. The van der Waals surface area contributed by atoms with Crippen molar-refractivity contribution >= 4 is 41.1 Å². The smallest absolute Gasteiger partial charge is 0.331 e. The van der Waals surface area contributed by atoms with Gasteiger partial charge < -0.3 is 15.0 Å². The molecule has 2 rings (SSSR count). The summed E-state index contributed by atoms with van der Waals surface area (Å²) in [7, 11) is 0. The molecular formula is C22H23ClN2O4. The van der Waals surface area contributed by atoms with Crippen LogP contribution >= 0.6 is 11.6 Å². The lowest BCUT2D eigenvalue weighted by Gasteiger charge is -2.18. The van der Waals surface area contributed by atoms with Crippen molar-refractivity contribution in [2.45, 2.75) is 13.8 Å². The van der Waals surface area contributed by atoms with Gasteiger partial charge in [0.15, 0.2) is 6.61 Å². The highest BCUT2D eigenvalue weighted by atomic mass is 35.5. The van der Waals surface area contributed by atoms with Gasteiger partial charge in [-0.25, -0.2) is 4.79 Å². The minimum atomic E-state index is -0.653. The third-order valence-corrected chi connectivity index (χ3v) is 4.46. The molecule has 0 unspecified atom stereocenters. The first-order chi connectivity index (χ1) is 13.9. The molecule has 2 amide bonds. The largest absolute Gasteiger partial charge is 0.452 e. The number of rotatable bonds is 8. The summed E-state index contributed by atoms with van der Waals surface area (Å²) >= 11 is 6.00. The molecule has 0 radical (unpaired) electrons. The van der Waals surface area contributed by atoms with E-state index in [1.165, 1.54) is 12.2 Å². The van der Waals surface area contributed by atoms with E-state index in [0.29, 0.717) is 34.9 Å². The summed E-state index contributed by atoms with van der Waals surface area (Å²) < 4.78 is 4.92. The molecule has 152 valence electrons. The predicted octanol–water partition coefficient (Wildman–Crippen LogP) is 4.02. The second-order valence-corrected chi connectivity index (χ2v) is 6.47. The molecule has 1 N–H and O–H groups in total. The van der Waals surface area contributed by atoms with Gasteiger partial charge in [0.1, 0.15) is 0 Å². The molecule has 0 atom stereocenters. The molecule has 2 aromatic rings. The molecule has 29 heavy (non-hydrogen) atoms. The summed E-state index contributed by atoms with van der Waals surface area (Å²) in [5, 5.41) is 3.13. The van der Waals surface area contributed by atoms with Gasteiger partial charge in [0, 0.05) is 35.4 Å². The second-order valence-electron chi connectivity index (χ2n) is 6.07. The molecule has 6 nitrogen and oxygen atoms in total. The van der Waals surface area contributed by atoms with Gasteiger partial charge in [-0.1, -0.05) is 29.8 Å². The quantitative estimate of drug-likeness (QED) is 0.523. The Morgan fingerprint density at radius 1 is 1.03 bits per heavy atom. The highest BCUT2D eigenvalue weighted by Gasteiger charge is 2.12. The molecule has 7 heteroatoms. The van der Waals surface area contributed by atoms with Crippen molar-refractivity contribution in [2.24, 2.45) is 0 Å². The number of halogens is 1. The number of nitrogens with one attached hydrogen (secondary N) is 1. The molecule has 0 aliphatic heterocycles. The van der Waals surface area contributed by atoms with E-state index in [1.807, 2.05) is 13.8 Å². The zero-order valence-corrected chi connectivity index (χ0v) is 17.1. The van der Waals surface area contributed by atoms with Crippen LogP contribution in [0, 0.1) is 0 Å². The van der Waals surface area contributed by atoms with Crippen LogP contribution in [0.2, 0.25) is 5.02 Å². The van der Waals surface area contributed by atoms with E-state index in [1.54, 1.807) is 53.4 Å². The number of ether oxygens (including phenoxy) is 1. The maximum atomic E-state index is 12.3. The maximum absolute atomic E-state index is 12.3. The number of carbonyl (C=O) groups excluding carboxylic acids is 3. The van der Waals surface area contributed by atoms with Gasteiger partial charge in [0.2, 0.25) is 0 Å². The summed E-state index contributed by atoms with van der Waals surface area (Å²) in [4.78, 5) is 37.7. The van der Waals surface area contributed by atoms with Crippen LogP contribution in [0.5, 0.6) is 0 Å². The number of carbonyl (C=O) groups is 3. The minimum absolute atomic E-state index is 0.0629. The van der Waals surface area contributed by atoms with Gasteiger partial charge in [-0.15, -0.1) is 0 Å². The van der Waals surface area contributed by atoms with Gasteiger partial charge in [0.05, 0.1) is 0 Å². The average Bonchev–Trinajstić information content (AvgIpc) is 2.73. The Balaban J connectivity index is 1.84. The molecule has 0 fully saturated rings. The van der Waals surface area contributed by atoms with Crippen LogP contribution in [0.25, 0.3) is 6.08 Å². The Hall–Kier alpha value is -3.12. The Bertz CT molecular complexity index is 890. The molecule has 2 aromatic carbocycles. The standard InChI is InChI=1S/C22H23ClN2O4/c1-3-25(4-2)22(28)17-9-12-18(13-10-17)24-20(26)15-29-21(27)14-11-16-7-5-6-8-19(16)23/h5-14H,3-4,15H2,1-2H3,(H,24,26)/b14-11+. The van der Waals surface area contributed by atoms with E-state index in [-0.39, 0.29) is 5.91 Å². The van der Waals surface area contributed by atoms with Crippen LogP contribution in [0.4, 0.5) is 5.69 Å². The zero-order valence-electron chi connectivity index (χ0n) is 16.4. The molecule has 0 aliphatic rings. The topological polar surface area (TPSA) is 75.7 Å². The highest BCUT2D eigenvalue weighted by Crippen LogP contribution is 2.16. The fourth-order valence-electron chi connectivity index (χ4n) is 2.54. The van der Waals surface area contributed by atoms with E-state index < -0.39 is 18.5 Å². The monoisotopic (exact) mass is 414 g/mol. The van der Waals surface area contributed by atoms with E-state index in [9.17, 15) is 14.4 Å². The fraction of sp³-hybridized carbons (Fsp3) is 0.227. The number of amides is 2. The second kappa shape index (κ2) is 11.0. The van der Waals surface area contributed by atoms with Gasteiger partial charge in [0.25, 0.3) is 11.8 Å². The molecule has 0 heterocycles. The maximum Gasteiger partial charge on any atom is 0.331 e. The van der Waals surface area contributed by atoms with Crippen LogP contribution in [-0.2, 0) is 14.3 Å². The Labute approximate surface area is 175 Å². The van der Waals surface area contributed by atoms with Crippen molar-refractivity contribution in [3.05, 3.63) is 70.8 Å². The van der Waals surface area contributed by atoms with Gasteiger partial charge in [-0.2, -0.15) is 0 Å². The van der Waals surface area contributed by atoms with Crippen molar-refractivity contribution in [3.8, 4) is 0 Å². The van der Waals surface area contributed by atoms with Crippen molar-refractivity contribution in [1.29, 1.82) is 0 Å². The number of hydrogen-bond acceptors (Lipinski definition) is 4. The number of anilines is 1. The summed E-state index contributed by atoms with van der Waals surface area (Å²) in [5.41, 5.74) is 1.73. The summed E-state index contributed by atoms with van der Waals surface area (Å²) in [5.74, 6) is -1.19. The predicted molar refractivity (Wildman–Crippen MR) is 114 cm³/mol. The molecule has 0 bridgehead atoms. The van der Waals surface area contributed by atoms with Crippen molar-refractivity contribution in [1.82, 2.24) is 4.90 Å². The van der Waals surface area contributed by atoms with Crippen molar-refractivity contribution in [2.75, 3.05) is 25.0 Å². The summed E-state index contributed by atoms with van der Waals surface area (Å²) in [6.45, 7) is 4.67. The fourth-order valence-corrected chi connectivity index (χ4v) is 2.74. The van der Waals surface area contributed by atoms with E-state index in [0.717, 1.165) is 0 Å². The van der Waals surface area contributed by atoms with Gasteiger partial charge in [-0.3, -0.25) is 9.59 Å². The SMILES string of the molecule is CCN(CC)C(=O)c1ccc(NC(=O)COC(=O)/C=C/c2ccccc2Cl)cc1. The lowest BCUT2D eigenvalue weighted by atomic mass is 10.2. The van der Waals surface area contributed by atoms with E-state index >= 15 is 0 Å². The lowest BCUT2D eigenvalue weighted by Crippen LogP contribution is -2.30.